The van der Waals surface area contributed by atoms with Crippen molar-refractivity contribution in [1.82, 2.24) is 29.7 Å². The zero-order valence-electron chi connectivity index (χ0n) is 31.0. The highest BCUT2D eigenvalue weighted by molar-refractivity contribution is 7.13. The summed E-state index contributed by atoms with van der Waals surface area (Å²) >= 11 is 1.29. The van der Waals surface area contributed by atoms with E-state index in [-0.39, 0.29) is 29.5 Å². The molecule has 13 nitrogen and oxygen atoms in total. The third kappa shape index (κ3) is 6.53. The maximum atomic E-state index is 15.9. The number of piperidine rings is 1. The topological polar surface area (TPSA) is 145 Å². The zero-order valence-corrected chi connectivity index (χ0v) is 31.8. The van der Waals surface area contributed by atoms with Gasteiger partial charge in [0.15, 0.2) is 11.2 Å². The normalized spacial score (nSPS) is 21.8. The fourth-order valence-corrected chi connectivity index (χ4v) is 9.83. The predicted molar refractivity (Wildman–Crippen MR) is 212 cm³/mol. The van der Waals surface area contributed by atoms with Gasteiger partial charge in [-0.15, -0.1) is 11.3 Å². The molecule has 2 bridgehead atoms. The fraction of sp³-hybridized carbons (Fsp3) is 0.333. The van der Waals surface area contributed by atoms with Crippen molar-refractivity contribution < 1.29 is 23.6 Å². The summed E-state index contributed by atoms with van der Waals surface area (Å²) in [5.74, 6) is -1.82. The first-order chi connectivity index (χ1) is 27.8. The highest BCUT2D eigenvalue weighted by Gasteiger charge is 2.44. The van der Waals surface area contributed by atoms with Crippen LogP contribution in [0, 0.1) is 5.82 Å². The molecule has 3 N–H and O–H groups in total. The van der Waals surface area contributed by atoms with Crippen molar-refractivity contribution in [2.24, 2.45) is 0 Å². The van der Waals surface area contributed by atoms with Crippen LogP contribution in [-0.2, 0) is 40.4 Å². The van der Waals surface area contributed by atoms with Crippen LogP contribution in [-0.4, -0.2) is 79.2 Å². The van der Waals surface area contributed by atoms with Crippen LogP contribution in [0.1, 0.15) is 64.6 Å². The Bertz CT molecular complexity index is 2420. The summed E-state index contributed by atoms with van der Waals surface area (Å²) in [7, 11) is 0. The van der Waals surface area contributed by atoms with Gasteiger partial charge < -0.3 is 19.7 Å². The molecule has 0 aliphatic carbocycles. The van der Waals surface area contributed by atoms with E-state index in [1.165, 1.54) is 27.9 Å². The van der Waals surface area contributed by atoms with Gasteiger partial charge >= 0.3 is 0 Å². The van der Waals surface area contributed by atoms with Crippen molar-refractivity contribution in [3.05, 3.63) is 112 Å². The van der Waals surface area contributed by atoms with Crippen molar-refractivity contribution in [3.8, 4) is 11.1 Å². The summed E-state index contributed by atoms with van der Waals surface area (Å²) in [6, 6.07) is 18.8. The molecule has 7 heterocycles. The van der Waals surface area contributed by atoms with Crippen LogP contribution in [0.25, 0.3) is 11.1 Å². The number of nitrogens with one attached hydrogen (secondary N) is 3. The number of halogens is 1. The maximum absolute atomic E-state index is 15.9. The lowest BCUT2D eigenvalue weighted by molar-refractivity contribution is -0.133. The van der Waals surface area contributed by atoms with Gasteiger partial charge in [-0.1, -0.05) is 24.3 Å². The number of aromatic nitrogens is 3. The van der Waals surface area contributed by atoms with E-state index < -0.39 is 29.7 Å². The molecule has 0 radical (unpaired) electrons. The van der Waals surface area contributed by atoms with E-state index >= 15 is 4.39 Å². The Balaban J connectivity index is 0.817. The van der Waals surface area contributed by atoms with E-state index in [2.05, 4.69) is 60.0 Å². The van der Waals surface area contributed by atoms with E-state index in [0.717, 1.165) is 68.1 Å². The number of amides is 4. The smallest absolute Gasteiger partial charge is 0.255 e. The number of piperazine rings is 1. The molecule has 57 heavy (non-hydrogen) atoms. The van der Waals surface area contributed by atoms with Crippen LogP contribution in [0.3, 0.4) is 0 Å². The summed E-state index contributed by atoms with van der Waals surface area (Å²) < 4.78 is 18.0. The van der Waals surface area contributed by atoms with Gasteiger partial charge in [0.05, 0.1) is 18.6 Å². The van der Waals surface area contributed by atoms with Gasteiger partial charge in [-0.05, 0) is 78.8 Å². The molecule has 3 aromatic carbocycles. The van der Waals surface area contributed by atoms with E-state index in [1.807, 2.05) is 28.8 Å². The molecule has 0 spiro atoms. The van der Waals surface area contributed by atoms with Crippen molar-refractivity contribution >= 4 is 51.5 Å². The van der Waals surface area contributed by atoms with Crippen LogP contribution >= 0.6 is 11.3 Å². The highest BCUT2D eigenvalue weighted by atomic mass is 32.1. The van der Waals surface area contributed by atoms with Crippen LogP contribution in [0.4, 0.5) is 20.9 Å². The van der Waals surface area contributed by atoms with Gasteiger partial charge in [0.2, 0.25) is 11.8 Å². The molecular weight excluding hydrogens is 746 g/mol. The minimum Gasteiger partial charge on any atom is -0.374 e. The summed E-state index contributed by atoms with van der Waals surface area (Å²) in [5, 5.41) is 10.7. The zero-order chi connectivity index (χ0) is 38.8. The lowest BCUT2D eigenvalue weighted by atomic mass is 9.99. The number of hydrogen-bond donors (Lipinski definition) is 3. The molecule has 0 saturated carbocycles. The third-order valence-electron chi connectivity index (χ3n) is 12.1. The first-order valence-corrected chi connectivity index (χ1v) is 20.3. The van der Waals surface area contributed by atoms with Crippen molar-refractivity contribution in [3.63, 3.8) is 0 Å². The molecule has 5 aliphatic heterocycles. The van der Waals surface area contributed by atoms with Crippen molar-refractivity contribution in [1.29, 1.82) is 0 Å². The number of imide groups is 1. The first kappa shape index (κ1) is 35.5. The Kier molecular flexibility index (Phi) is 8.85. The number of thiazole rings is 1. The van der Waals surface area contributed by atoms with Gasteiger partial charge in [0.1, 0.15) is 11.9 Å². The first-order valence-electron chi connectivity index (χ1n) is 19.4. The van der Waals surface area contributed by atoms with Gasteiger partial charge in [0, 0.05) is 84.5 Å². The summed E-state index contributed by atoms with van der Waals surface area (Å²) in [6.07, 6.45) is 6.87. The van der Waals surface area contributed by atoms with Gasteiger partial charge in [-0.25, -0.2) is 14.4 Å². The second kappa shape index (κ2) is 14.2. The maximum Gasteiger partial charge on any atom is 0.255 e. The Morgan fingerprint density at radius 2 is 1.88 bits per heavy atom. The summed E-state index contributed by atoms with van der Waals surface area (Å²) in [6.45, 7) is 3.39. The van der Waals surface area contributed by atoms with Gasteiger partial charge in [-0.2, -0.15) is 0 Å². The number of fused-ring (bicyclic) bond motifs is 4. The largest absolute Gasteiger partial charge is 0.374 e. The van der Waals surface area contributed by atoms with Crippen LogP contribution in [0.2, 0.25) is 0 Å². The molecule has 3 saturated heterocycles. The molecule has 15 heteroatoms. The summed E-state index contributed by atoms with van der Waals surface area (Å²) in [4.78, 5) is 67.0. The predicted octanol–water partition coefficient (Wildman–Crippen LogP) is 5.11. The molecular formula is C42H40FN9O4S. The molecule has 10 rings (SSSR count). The van der Waals surface area contributed by atoms with E-state index in [9.17, 15) is 19.2 Å². The number of imidazole rings is 1. The molecule has 2 aromatic heterocycles. The number of rotatable bonds is 10. The second-order valence-corrected chi connectivity index (χ2v) is 16.4. The number of benzene rings is 3. The standard InChI is InChI=1S/C42H40FN9O4S/c43-33-17-26(16-31-32(33)22-52(41(31)56)38(40(55)48-42-44-12-14-57-42)37-35-5-2-13-49(35)23-45-37)25-6-8-28(9-7-25)51-21-29-18-30(51)20-50(29)19-24-3-1-4-27(15-24)46-34-10-11-36(53)47-39(34)54/h1,3-4,6-9,12,14-17,23,29-30,34,38,46H,2,5,10-11,13,18-22H2,(H,44,48,55)(H,47,53,54)/t29-,30-,34?,38?/m0/s1. The number of carbonyl (C=O) groups excluding carboxylic acids is 4. The molecule has 2 unspecified atom stereocenters. The average Bonchev–Trinajstić information content (AvgIpc) is 4.07. The molecule has 3 fully saturated rings. The second-order valence-electron chi connectivity index (χ2n) is 15.5. The van der Waals surface area contributed by atoms with E-state index in [1.54, 1.807) is 24.0 Å². The number of nitrogens with zero attached hydrogens (tertiary/aromatic N) is 6. The SMILES string of the molecule is O=C1CCC(Nc2cccc(CN3C[C@@H]4C[C@H]3CN4c3ccc(-c4cc(F)c5c(c4)C(=O)N(C(C(=O)Nc4nccs4)c4ncn6c4CCC6)C5)cc3)c2)C(=O)N1. The number of aryl methyl sites for hydroxylation is 1. The summed E-state index contributed by atoms with van der Waals surface area (Å²) in [5.41, 5.74) is 6.51. The van der Waals surface area contributed by atoms with E-state index in [0.29, 0.717) is 41.3 Å². The lowest BCUT2D eigenvalue weighted by Gasteiger charge is -2.35. The number of carbonyl (C=O) groups is 4. The molecule has 5 aliphatic rings. The van der Waals surface area contributed by atoms with Crippen LogP contribution in [0.15, 0.2) is 78.6 Å². The number of anilines is 3. The lowest BCUT2D eigenvalue weighted by Crippen LogP contribution is -2.47. The Morgan fingerprint density at radius 1 is 1.00 bits per heavy atom. The van der Waals surface area contributed by atoms with Crippen molar-refractivity contribution in [2.45, 2.75) is 75.9 Å². The minimum atomic E-state index is -1.04. The minimum absolute atomic E-state index is 0.0410. The monoisotopic (exact) mass is 785 g/mol. The Labute approximate surface area is 331 Å². The van der Waals surface area contributed by atoms with Crippen molar-refractivity contribution in [2.75, 3.05) is 28.6 Å². The number of likely N-dealkylation sites (tertiary alicyclic amines) is 1. The van der Waals surface area contributed by atoms with Crippen LogP contribution in [0.5, 0.6) is 0 Å². The van der Waals surface area contributed by atoms with E-state index in [4.69, 9.17) is 0 Å². The average molecular weight is 786 g/mol. The Morgan fingerprint density at radius 3 is 2.67 bits per heavy atom. The number of hydrogen-bond acceptors (Lipinski definition) is 10. The van der Waals surface area contributed by atoms with Gasteiger partial charge in [-0.3, -0.25) is 34.7 Å². The molecule has 4 atom stereocenters. The quantitative estimate of drug-likeness (QED) is 0.165. The fourth-order valence-electron chi connectivity index (χ4n) is 9.30. The van der Waals surface area contributed by atoms with Gasteiger partial charge in [0.25, 0.3) is 11.8 Å². The Hall–Kier alpha value is -5.93. The molecule has 5 aromatic rings. The molecule has 4 amide bonds. The highest BCUT2D eigenvalue weighted by Crippen LogP contribution is 2.40. The molecule has 290 valence electrons. The third-order valence-corrected chi connectivity index (χ3v) is 12.8. The van der Waals surface area contributed by atoms with Crippen LogP contribution < -0.4 is 20.9 Å².